The van der Waals surface area contributed by atoms with Crippen LogP contribution in [0.15, 0.2) is 29.6 Å². The van der Waals surface area contributed by atoms with Crippen molar-refractivity contribution in [3.8, 4) is 16.3 Å². The van der Waals surface area contributed by atoms with Crippen LogP contribution in [0, 0.1) is 0 Å². The fraction of sp³-hybridized carbons (Fsp3) is 0.0909. The van der Waals surface area contributed by atoms with Gasteiger partial charge in [0.05, 0.1) is 0 Å². The van der Waals surface area contributed by atoms with Crippen LogP contribution in [0.3, 0.4) is 0 Å². The Morgan fingerprint density at radius 3 is 2.53 bits per heavy atom. The fourth-order valence-electron chi connectivity index (χ4n) is 1.25. The van der Waals surface area contributed by atoms with Gasteiger partial charge < -0.3 is 4.74 Å². The Bertz CT molecular complexity index is 510. The topological polar surface area (TPSA) is 39.2 Å². The first kappa shape index (κ1) is 11.7. The van der Waals surface area contributed by atoms with Gasteiger partial charge in [0.25, 0.3) is 0 Å². The molecule has 0 aliphatic rings. The zero-order valence-corrected chi connectivity index (χ0v) is 9.29. The molecule has 6 heteroatoms. The minimum absolute atomic E-state index is 0.0934. The third-order valence-corrected chi connectivity index (χ3v) is 2.88. The maximum atomic E-state index is 11.9. The van der Waals surface area contributed by atoms with Crippen molar-refractivity contribution in [1.82, 2.24) is 4.98 Å². The number of ether oxygens (including phenoxy) is 1. The van der Waals surface area contributed by atoms with Crippen LogP contribution in [-0.2, 0) is 0 Å². The predicted molar refractivity (Wildman–Crippen MR) is 59.6 cm³/mol. The fourth-order valence-corrected chi connectivity index (χ4v) is 2.02. The highest BCUT2D eigenvalue weighted by Gasteiger charge is 2.06. The van der Waals surface area contributed by atoms with E-state index in [2.05, 4.69) is 9.72 Å². The summed E-state index contributed by atoms with van der Waals surface area (Å²) >= 11 is 1.32. The number of thiazole rings is 1. The number of hydrogen-bond acceptors (Lipinski definition) is 4. The third-order valence-electron chi connectivity index (χ3n) is 1.97. The summed E-state index contributed by atoms with van der Waals surface area (Å²) in [6, 6.07) is 6.10. The highest BCUT2D eigenvalue weighted by molar-refractivity contribution is 7.13. The molecule has 0 aliphatic heterocycles. The molecule has 0 saturated carbocycles. The standard InChI is InChI=1S/C11H7F2NO2S/c12-11(13)16-9-3-1-7(2-4-9)10-14-8(5-15)6-17-10/h1-6,11H. The highest BCUT2D eigenvalue weighted by Crippen LogP contribution is 2.25. The number of carbonyl (C=O) groups is 1. The predicted octanol–water partition coefficient (Wildman–Crippen LogP) is 3.22. The molecule has 1 heterocycles. The second kappa shape index (κ2) is 5.01. The van der Waals surface area contributed by atoms with Gasteiger partial charge in [0.1, 0.15) is 16.5 Å². The molecule has 17 heavy (non-hydrogen) atoms. The Kier molecular flexibility index (Phi) is 3.43. The smallest absolute Gasteiger partial charge is 0.387 e. The molecule has 2 rings (SSSR count). The second-order valence-corrected chi connectivity index (χ2v) is 3.96. The molecule has 0 aliphatic carbocycles. The summed E-state index contributed by atoms with van der Waals surface area (Å²) in [6.07, 6.45) is 0.661. The van der Waals surface area contributed by atoms with E-state index in [4.69, 9.17) is 0 Å². The molecule has 0 unspecified atom stereocenters. The van der Waals surface area contributed by atoms with Gasteiger partial charge in [-0.05, 0) is 24.3 Å². The van der Waals surface area contributed by atoms with E-state index in [-0.39, 0.29) is 5.75 Å². The van der Waals surface area contributed by atoms with Gasteiger partial charge in [-0.1, -0.05) is 0 Å². The summed E-state index contributed by atoms with van der Waals surface area (Å²) in [5.74, 6) is 0.0934. The van der Waals surface area contributed by atoms with E-state index in [9.17, 15) is 13.6 Å². The van der Waals surface area contributed by atoms with E-state index in [0.29, 0.717) is 17.0 Å². The Labute approximate surface area is 99.7 Å². The van der Waals surface area contributed by atoms with Gasteiger partial charge in [-0.3, -0.25) is 4.79 Å². The van der Waals surface area contributed by atoms with E-state index < -0.39 is 6.61 Å². The lowest BCUT2D eigenvalue weighted by Gasteiger charge is -2.04. The van der Waals surface area contributed by atoms with Crippen LogP contribution in [0.2, 0.25) is 0 Å². The first-order valence-corrected chi connectivity index (χ1v) is 5.53. The van der Waals surface area contributed by atoms with Gasteiger partial charge in [-0.2, -0.15) is 8.78 Å². The number of nitrogens with zero attached hydrogens (tertiary/aromatic N) is 1. The maximum Gasteiger partial charge on any atom is 0.387 e. The van der Waals surface area contributed by atoms with Gasteiger partial charge in [-0.15, -0.1) is 11.3 Å². The monoisotopic (exact) mass is 255 g/mol. The number of rotatable bonds is 4. The number of alkyl halides is 2. The van der Waals surface area contributed by atoms with E-state index in [0.717, 1.165) is 5.56 Å². The lowest BCUT2D eigenvalue weighted by atomic mass is 10.2. The van der Waals surface area contributed by atoms with Crippen molar-refractivity contribution in [2.24, 2.45) is 0 Å². The molecule has 0 atom stereocenters. The Hall–Kier alpha value is -1.82. The average molecular weight is 255 g/mol. The molecule has 0 saturated heterocycles. The van der Waals surface area contributed by atoms with Crippen LogP contribution in [0.5, 0.6) is 5.75 Å². The molecule has 0 radical (unpaired) electrons. The van der Waals surface area contributed by atoms with Crippen LogP contribution < -0.4 is 4.74 Å². The van der Waals surface area contributed by atoms with E-state index in [1.54, 1.807) is 17.5 Å². The largest absolute Gasteiger partial charge is 0.435 e. The molecule has 0 fully saturated rings. The number of halogens is 2. The summed E-state index contributed by atoms with van der Waals surface area (Å²) < 4.78 is 28.1. The molecule has 3 nitrogen and oxygen atoms in total. The van der Waals surface area contributed by atoms with Gasteiger partial charge >= 0.3 is 6.61 Å². The quantitative estimate of drug-likeness (QED) is 0.787. The normalized spacial score (nSPS) is 10.5. The van der Waals surface area contributed by atoms with Crippen LogP contribution in [0.1, 0.15) is 10.5 Å². The minimum atomic E-state index is -2.83. The van der Waals surface area contributed by atoms with Crippen molar-refractivity contribution < 1.29 is 18.3 Å². The van der Waals surface area contributed by atoms with Crippen molar-refractivity contribution in [2.45, 2.75) is 6.61 Å². The lowest BCUT2D eigenvalue weighted by Crippen LogP contribution is -2.01. The summed E-state index contributed by atoms with van der Waals surface area (Å²) in [5, 5.41) is 2.29. The average Bonchev–Trinajstić information content (AvgIpc) is 2.78. The van der Waals surface area contributed by atoms with Crippen molar-refractivity contribution in [2.75, 3.05) is 0 Å². The number of carbonyl (C=O) groups excluding carboxylic acids is 1. The Morgan fingerprint density at radius 2 is 2.00 bits per heavy atom. The first-order valence-electron chi connectivity index (χ1n) is 4.65. The van der Waals surface area contributed by atoms with Crippen LogP contribution in [-0.4, -0.2) is 17.9 Å². The molecule has 88 valence electrons. The molecule has 1 aromatic carbocycles. The summed E-state index contributed by atoms with van der Waals surface area (Å²) in [5.41, 5.74) is 1.11. The van der Waals surface area contributed by atoms with Gasteiger partial charge in [-0.25, -0.2) is 4.98 Å². The number of aldehydes is 1. The SMILES string of the molecule is O=Cc1csc(-c2ccc(OC(F)F)cc2)n1. The highest BCUT2D eigenvalue weighted by atomic mass is 32.1. The second-order valence-electron chi connectivity index (χ2n) is 3.10. The Morgan fingerprint density at radius 1 is 1.29 bits per heavy atom. The van der Waals surface area contributed by atoms with E-state index in [1.165, 1.54) is 23.5 Å². The summed E-state index contributed by atoms with van der Waals surface area (Å²) in [7, 11) is 0. The lowest BCUT2D eigenvalue weighted by molar-refractivity contribution is -0.0498. The number of hydrogen-bond donors (Lipinski definition) is 0. The molecule has 1 aromatic heterocycles. The third kappa shape index (κ3) is 2.85. The van der Waals surface area contributed by atoms with Gasteiger partial charge in [0.2, 0.25) is 0 Å². The molecule has 0 spiro atoms. The zero-order chi connectivity index (χ0) is 12.3. The van der Waals surface area contributed by atoms with Crippen LogP contribution in [0.25, 0.3) is 10.6 Å². The molecule has 0 bridgehead atoms. The first-order chi connectivity index (χ1) is 8.19. The van der Waals surface area contributed by atoms with Crippen molar-refractivity contribution in [1.29, 1.82) is 0 Å². The maximum absolute atomic E-state index is 11.9. The summed E-state index contributed by atoms with van der Waals surface area (Å²) in [4.78, 5) is 14.5. The van der Waals surface area contributed by atoms with Crippen molar-refractivity contribution >= 4 is 17.6 Å². The molecule has 0 amide bonds. The zero-order valence-electron chi connectivity index (χ0n) is 8.47. The van der Waals surface area contributed by atoms with Crippen LogP contribution in [0.4, 0.5) is 8.78 Å². The Balaban J connectivity index is 2.19. The molecular formula is C11H7F2NO2S. The van der Waals surface area contributed by atoms with E-state index >= 15 is 0 Å². The molecular weight excluding hydrogens is 248 g/mol. The van der Waals surface area contributed by atoms with Crippen LogP contribution >= 0.6 is 11.3 Å². The molecule has 2 aromatic rings. The van der Waals surface area contributed by atoms with E-state index in [1.807, 2.05) is 0 Å². The van der Waals surface area contributed by atoms with Crippen molar-refractivity contribution in [3.63, 3.8) is 0 Å². The molecule has 0 N–H and O–H groups in total. The van der Waals surface area contributed by atoms with Gasteiger partial charge in [0.15, 0.2) is 6.29 Å². The number of benzene rings is 1. The minimum Gasteiger partial charge on any atom is -0.435 e. The van der Waals surface area contributed by atoms with Gasteiger partial charge in [0, 0.05) is 10.9 Å². The number of aromatic nitrogens is 1. The van der Waals surface area contributed by atoms with Crippen molar-refractivity contribution in [3.05, 3.63) is 35.3 Å². The summed E-state index contributed by atoms with van der Waals surface area (Å²) in [6.45, 7) is -2.83.